The molecule has 0 radical (unpaired) electrons. The molecular formula is C13H22O2. The molecule has 15 heavy (non-hydrogen) atoms. The zero-order valence-corrected chi connectivity index (χ0v) is 9.92. The maximum atomic E-state index is 12.1. The van der Waals surface area contributed by atoms with Crippen molar-refractivity contribution in [2.75, 3.05) is 6.61 Å². The lowest BCUT2D eigenvalue weighted by Crippen LogP contribution is -2.29. The summed E-state index contributed by atoms with van der Waals surface area (Å²) in [6.07, 6.45) is 6.73. The third-order valence-electron chi connectivity index (χ3n) is 4.12. The van der Waals surface area contributed by atoms with Gasteiger partial charge < -0.3 is 4.74 Å². The van der Waals surface area contributed by atoms with E-state index in [1.54, 1.807) is 0 Å². The summed E-state index contributed by atoms with van der Waals surface area (Å²) in [5.74, 6) is 0.784. The van der Waals surface area contributed by atoms with Gasteiger partial charge in [-0.3, -0.25) is 4.79 Å². The molecule has 1 aliphatic carbocycles. The van der Waals surface area contributed by atoms with Crippen LogP contribution in [0, 0.1) is 11.3 Å². The summed E-state index contributed by atoms with van der Waals surface area (Å²) in [6, 6.07) is 0. The number of hydrogen-bond donors (Lipinski definition) is 0. The Bertz CT molecular complexity index is 241. The van der Waals surface area contributed by atoms with Gasteiger partial charge in [0.1, 0.15) is 6.10 Å². The van der Waals surface area contributed by atoms with Crippen LogP contribution in [-0.2, 0) is 9.53 Å². The molecule has 2 fully saturated rings. The molecular weight excluding hydrogens is 188 g/mol. The van der Waals surface area contributed by atoms with E-state index in [9.17, 15) is 4.79 Å². The normalized spacial score (nSPS) is 34.5. The van der Waals surface area contributed by atoms with E-state index >= 15 is 0 Å². The van der Waals surface area contributed by atoms with Gasteiger partial charge in [-0.25, -0.2) is 0 Å². The predicted octanol–water partition coefficient (Wildman–Crippen LogP) is 2.95. The minimum Gasteiger partial charge on any atom is -0.370 e. The van der Waals surface area contributed by atoms with E-state index in [0.717, 1.165) is 19.4 Å². The second kappa shape index (κ2) is 4.25. The monoisotopic (exact) mass is 210 g/mol. The second-order valence-corrected chi connectivity index (χ2v) is 5.72. The Balaban J connectivity index is 1.91. The standard InChI is InChI=1S/C13H22O2/c1-10-5-8-15-12(10)11(14)9-13(2)6-3-4-7-13/h10,12H,3-9H2,1-2H3. The van der Waals surface area contributed by atoms with Crippen LogP contribution in [0.5, 0.6) is 0 Å². The van der Waals surface area contributed by atoms with Crippen LogP contribution in [0.15, 0.2) is 0 Å². The fraction of sp³-hybridized carbons (Fsp3) is 0.923. The zero-order chi connectivity index (χ0) is 10.9. The van der Waals surface area contributed by atoms with Crippen LogP contribution in [-0.4, -0.2) is 18.5 Å². The van der Waals surface area contributed by atoms with E-state index in [2.05, 4.69) is 13.8 Å². The molecule has 0 N–H and O–H groups in total. The Labute approximate surface area is 92.4 Å². The fourth-order valence-corrected chi connectivity index (χ4v) is 3.03. The van der Waals surface area contributed by atoms with Gasteiger partial charge in [0.15, 0.2) is 5.78 Å². The molecule has 1 aliphatic heterocycles. The third-order valence-corrected chi connectivity index (χ3v) is 4.12. The Morgan fingerprint density at radius 3 is 2.60 bits per heavy atom. The summed E-state index contributed by atoms with van der Waals surface area (Å²) >= 11 is 0. The van der Waals surface area contributed by atoms with Crippen LogP contribution >= 0.6 is 0 Å². The van der Waals surface area contributed by atoms with Crippen LogP contribution in [0.4, 0.5) is 0 Å². The third kappa shape index (κ3) is 2.41. The number of carbonyl (C=O) groups is 1. The van der Waals surface area contributed by atoms with Crippen LogP contribution < -0.4 is 0 Å². The van der Waals surface area contributed by atoms with Crippen molar-refractivity contribution in [1.82, 2.24) is 0 Å². The lowest BCUT2D eigenvalue weighted by molar-refractivity contribution is -0.131. The summed E-state index contributed by atoms with van der Waals surface area (Å²) in [5, 5.41) is 0. The lowest BCUT2D eigenvalue weighted by atomic mass is 9.81. The Morgan fingerprint density at radius 1 is 1.40 bits per heavy atom. The van der Waals surface area contributed by atoms with Crippen LogP contribution in [0.2, 0.25) is 0 Å². The molecule has 2 aliphatic rings. The molecule has 86 valence electrons. The maximum absolute atomic E-state index is 12.1. The molecule has 2 nitrogen and oxygen atoms in total. The van der Waals surface area contributed by atoms with E-state index in [1.165, 1.54) is 25.7 Å². The molecule has 0 aromatic carbocycles. The Kier molecular flexibility index (Phi) is 3.15. The topological polar surface area (TPSA) is 26.3 Å². The predicted molar refractivity (Wildman–Crippen MR) is 59.7 cm³/mol. The van der Waals surface area contributed by atoms with E-state index in [-0.39, 0.29) is 11.5 Å². The Morgan fingerprint density at radius 2 is 2.07 bits per heavy atom. The van der Waals surface area contributed by atoms with E-state index in [4.69, 9.17) is 4.74 Å². The minimum atomic E-state index is -0.0950. The largest absolute Gasteiger partial charge is 0.370 e. The van der Waals surface area contributed by atoms with Crippen molar-refractivity contribution < 1.29 is 9.53 Å². The summed E-state index contributed by atoms with van der Waals surface area (Å²) in [7, 11) is 0. The number of Topliss-reactive ketones (excluding diaryl/α,β-unsaturated/α-hetero) is 1. The highest BCUT2D eigenvalue weighted by Crippen LogP contribution is 2.41. The molecule has 0 spiro atoms. The van der Waals surface area contributed by atoms with Gasteiger partial charge in [-0.15, -0.1) is 0 Å². The second-order valence-electron chi connectivity index (χ2n) is 5.72. The molecule has 2 rings (SSSR count). The highest BCUT2D eigenvalue weighted by atomic mass is 16.5. The molecule has 1 heterocycles. The molecule has 0 bridgehead atoms. The molecule has 0 aromatic heterocycles. The van der Waals surface area contributed by atoms with Crippen molar-refractivity contribution in [1.29, 1.82) is 0 Å². The van der Waals surface area contributed by atoms with Gasteiger partial charge in [-0.1, -0.05) is 26.7 Å². The van der Waals surface area contributed by atoms with Crippen molar-refractivity contribution in [3.63, 3.8) is 0 Å². The van der Waals surface area contributed by atoms with Crippen LogP contribution in [0.1, 0.15) is 52.4 Å². The summed E-state index contributed by atoms with van der Waals surface area (Å²) in [6.45, 7) is 5.17. The first-order valence-corrected chi connectivity index (χ1v) is 6.25. The smallest absolute Gasteiger partial charge is 0.162 e. The number of carbonyl (C=O) groups excluding carboxylic acids is 1. The maximum Gasteiger partial charge on any atom is 0.162 e. The number of hydrogen-bond acceptors (Lipinski definition) is 2. The molecule has 1 saturated heterocycles. The summed E-state index contributed by atoms with van der Waals surface area (Å²) in [4.78, 5) is 12.1. The SMILES string of the molecule is CC1CCOC1C(=O)CC1(C)CCCC1. The van der Waals surface area contributed by atoms with Gasteiger partial charge in [-0.2, -0.15) is 0 Å². The molecule has 2 heteroatoms. The van der Waals surface area contributed by atoms with E-state index < -0.39 is 0 Å². The molecule has 2 unspecified atom stereocenters. The van der Waals surface area contributed by atoms with Gasteiger partial charge >= 0.3 is 0 Å². The van der Waals surface area contributed by atoms with E-state index in [0.29, 0.717) is 11.7 Å². The molecule has 0 amide bonds. The number of rotatable bonds is 3. The van der Waals surface area contributed by atoms with Gasteiger partial charge in [0.05, 0.1) is 0 Å². The van der Waals surface area contributed by atoms with Crippen LogP contribution in [0.3, 0.4) is 0 Å². The highest BCUT2D eigenvalue weighted by molar-refractivity contribution is 5.84. The number of ether oxygens (including phenoxy) is 1. The van der Waals surface area contributed by atoms with E-state index in [1.807, 2.05) is 0 Å². The molecule has 1 saturated carbocycles. The first kappa shape index (κ1) is 11.1. The van der Waals surface area contributed by atoms with Gasteiger partial charge in [0.2, 0.25) is 0 Å². The lowest BCUT2D eigenvalue weighted by Gasteiger charge is -2.24. The van der Waals surface area contributed by atoms with Crippen LogP contribution in [0.25, 0.3) is 0 Å². The van der Waals surface area contributed by atoms with Crippen molar-refractivity contribution in [2.24, 2.45) is 11.3 Å². The minimum absolute atomic E-state index is 0.0950. The number of ketones is 1. The van der Waals surface area contributed by atoms with Crippen molar-refractivity contribution in [3.8, 4) is 0 Å². The average molecular weight is 210 g/mol. The van der Waals surface area contributed by atoms with Crippen molar-refractivity contribution >= 4 is 5.78 Å². The summed E-state index contributed by atoms with van der Waals surface area (Å²) < 4.78 is 5.53. The van der Waals surface area contributed by atoms with Crippen molar-refractivity contribution in [3.05, 3.63) is 0 Å². The quantitative estimate of drug-likeness (QED) is 0.716. The summed E-state index contributed by atoms with van der Waals surface area (Å²) in [5.41, 5.74) is 0.281. The zero-order valence-electron chi connectivity index (χ0n) is 9.92. The van der Waals surface area contributed by atoms with Gasteiger partial charge in [-0.05, 0) is 30.6 Å². The molecule has 0 aromatic rings. The van der Waals surface area contributed by atoms with Gasteiger partial charge in [0, 0.05) is 13.0 Å². The fourth-order valence-electron chi connectivity index (χ4n) is 3.03. The first-order valence-electron chi connectivity index (χ1n) is 6.25. The van der Waals surface area contributed by atoms with Crippen molar-refractivity contribution in [2.45, 2.75) is 58.5 Å². The average Bonchev–Trinajstić information content (AvgIpc) is 2.74. The Hall–Kier alpha value is -0.370. The molecule has 2 atom stereocenters. The first-order chi connectivity index (χ1) is 7.11. The highest BCUT2D eigenvalue weighted by Gasteiger charge is 2.37. The van der Waals surface area contributed by atoms with Gasteiger partial charge in [0.25, 0.3) is 0 Å².